The number of hydrogen-bond donors (Lipinski definition) is 1. The fourth-order valence-corrected chi connectivity index (χ4v) is 7.79. The van der Waals surface area contributed by atoms with Crippen molar-refractivity contribution in [3.8, 4) is 5.75 Å². The van der Waals surface area contributed by atoms with Crippen molar-refractivity contribution >= 4 is 29.4 Å². The van der Waals surface area contributed by atoms with E-state index < -0.39 is 5.97 Å². The molecule has 5 fully saturated rings. The van der Waals surface area contributed by atoms with Crippen molar-refractivity contribution < 1.29 is 23.9 Å². The largest absolute Gasteiger partial charge is 0.482 e. The number of nitrogens with zero attached hydrogens (tertiary/aromatic N) is 2. The molecule has 8 nitrogen and oxygen atoms in total. The molecule has 2 amide bonds. The van der Waals surface area contributed by atoms with E-state index >= 15 is 0 Å². The average molecular weight is 532 g/mol. The van der Waals surface area contributed by atoms with Crippen molar-refractivity contribution in [2.45, 2.75) is 51.5 Å². The molecule has 0 unspecified atom stereocenters. The van der Waals surface area contributed by atoms with Crippen molar-refractivity contribution in [2.24, 2.45) is 23.2 Å². The SMILES string of the molecule is COC(=O)COc1ccc(Cl)cc1CN1CCN(C(=O)CNC(=O)CC23CC4CC(CC(C4)C2)C3)CC1. The molecule has 9 heteroatoms. The first-order valence-corrected chi connectivity index (χ1v) is 13.9. The van der Waals surface area contributed by atoms with Crippen LogP contribution in [0.3, 0.4) is 0 Å². The van der Waals surface area contributed by atoms with Gasteiger partial charge in [-0.25, -0.2) is 4.79 Å². The molecule has 1 saturated heterocycles. The van der Waals surface area contributed by atoms with Crippen LogP contribution in [0.1, 0.15) is 50.5 Å². The van der Waals surface area contributed by atoms with Gasteiger partial charge < -0.3 is 19.7 Å². The Labute approximate surface area is 224 Å². The molecular formula is C28H38ClN3O5. The van der Waals surface area contributed by atoms with Gasteiger partial charge in [-0.15, -0.1) is 0 Å². The minimum absolute atomic E-state index is 0.0247. The number of methoxy groups -OCH3 is 1. The van der Waals surface area contributed by atoms with Gasteiger partial charge in [0, 0.05) is 49.7 Å². The van der Waals surface area contributed by atoms with Crippen molar-refractivity contribution in [3.63, 3.8) is 0 Å². The van der Waals surface area contributed by atoms with Crippen LogP contribution in [-0.4, -0.2) is 74.0 Å². The molecule has 4 saturated carbocycles. The number of rotatable bonds is 9. The minimum Gasteiger partial charge on any atom is -0.482 e. The monoisotopic (exact) mass is 531 g/mol. The van der Waals surface area contributed by atoms with Crippen LogP contribution in [0.15, 0.2) is 18.2 Å². The highest BCUT2D eigenvalue weighted by atomic mass is 35.5. The van der Waals surface area contributed by atoms with E-state index in [1.807, 2.05) is 11.0 Å². The van der Waals surface area contributed by atoms with Gasteiger partial charge in [0.15, 0.2) is 6.61 Å². The molecule has 4 bridgehead atoms. The Morgan fingerprint density at radius 1 is 1.03 bits per heavy atom. The van der Waals surface area contributed by atoms with Gasteiger partial charge in [0.05, 0.1) is 13.7 Å². The number of carbonyl (C=O) groups is 3. The van der Waals surface area contributed by atoms with Crippen LogP contribution < -0.4 is 10.1 Å². The van der Waals surface area contributed by atoms with Crippen molar-refractivity contribution in [1.29, 1.82) is 0 Å². The summed E-state index contributed by atoms with van der Waals surface area (Å²) in [5, 5.41) is 3.53. The van der Waals surface area contributed by atoms with E-state index in [-0.39, 0.29) is 30.4 Å². The summed E-state index contributed by atoms with van der Waals surface area (Å²) in [5.74, 6) is 2.61. The molecule has 0 atom stereocenters. The molecular weight excluding hydrogens is 494 g/mol. The van der Waals surface area contributed by atoms with Crippen molar-refractivity contribution in [2.75, 3.05) is 46.4 Å². The third kappa shape index (κ3) is 6.40. The predicted molar refractivity (Wildman–Crippen MR) is 139 cm³/mol. The second-order valence-corrected chi connectivity index (χ2v) is 12.1. The zero-order valence-corrected chi connectivity index (χ0v) is 22.4. The third-order valence-electron chi connectivity index (χ3n) is 8.85. The molecule has 1 N–H and O–H groups in total. The second kappa shape index (κ2) is 11.2. The van der Waals surface area contributed by atoms with Gasteiger partial charge in [-0.05, 0) is 79.9 Å². The molecule has 1 aromatic carbocycles. The molecule has 0 aromatic heterocycles. The first-order valence-electron chi connectivity index (χ1n) is 13.6. The van der Waals surface area contributed by atoms with E-state index in [1.54, 1.807) is 12.1 Å². The van der Waals surface area contributed by atoms with E-state index in [4.69, 9.17) is 16.3 Å². The first kappa shape index (κ1) is 26.3. The highest BCUT2D eigenvalue weighted by Gasteiger charge is 2.51. The fraction of sp³-hybridized carbons (Fsp3) is 0.679. The highest BCUT2D eigenvalue weighted by molar-refractivity contribution is 6.30. The Hall–Kier alpha value is -2.32. The molecule has 1 heterocycles. The second-order valence-electron chi connectivity index (χ2n) is 11.6. The van der Waals surface area contributed by atoms with Crippen LogP contribution in [0.5, 0.6) is 5.75 Å². The van der Waals surface area contributed by atoms with Crippen molar-refractivity contribution in [1.82, 2.24) is 15.1 Å². The Balaban J connectivity index is 1.06. The van der Waals surface area contributed by atoms with Crippen LogP contribution in [0.25, 0.3) is 0 Å². The maximum absolute atomic E-state index is 12.8. The number of esters is 1. The molecule has 1 aliphatic heterocycles. The summed E-state index contributed by atoms with van der Waals surface area (Å²) in [7, 11) is 1.32. The number of benzene rings is 1. The van der Waals surface area contributed by atoms with Crippen LogP contribution in [-0.2, 0) is 25.7 Å². The van der Waals surface area contributed by atoms with E-state index in [0.29, 0.717) is 49.9 Å². The van der Waals surface area contributed by atoms with Gasteiger partial charge in [0.1, 0.15) is 5.75 Å². The quantitative estimate of drug-likeness (QED) is 0.492. The van der Waals surface area contributed by atoms with Gasteiger partial charge in [0.25, 0.3) is 0 Å². The third-order valence-corrected chi connectivity index (χ3v) is 9.09. The standard InChI is InChI=1S/C28H38ClN3O5/c1-36-27(35)18-37-24-3-2-23(29)11-22(24)17-31-4-6-32(7-5-31)26(34)16-30-25(33)15-28-12-19-8-20(13-28)10-21(9-19)14-28/h2-3,11,19-21H,4-10,12-18H2,1H3,(H,30,33). The lowest BCUT2D eigenvalue weighted by Gasteiger charge is -2.56. The highest BCUT2D eigenvalue weighted by Crippen LogP contribution is 2.61. The zero-order valence-electron chi connectivity index (χ0n) is 21.7. The summed E-state index contributed by atoms with van der Waals surface area (Å²) >= 11 is 6.20. The summed E-state index contributed by atoms with van der Waals surface area (Å²) in [5.41, 5.74) is 1.07. The molecule has 202 valence electrons. The average Bonchev–Trinajstić information content (AvgIpc) is 2.86. The lowest BCUT2D eigenvalue weighted by Crippen LogP contribution is -2.51. The summed E-state index contributed by atoms with van der Waals surface area (Å²) < 4.78 is 10.3. The lowest BCUT2D eigenvalue weighted by atomic mass is 9.49. The molecule has 6 rings (SSSR count). The summed E-state index contributed by atoms with van der Waals surface area (Å²) in [4.78, 5) is 41.1. The van der Waals surface area contributed by atoms with Crippen LogP contribution in [0, 0.1) is 23.2 Å². The number of piperazine rings is 1. The van der Waals surface area contributed by atoms with E-state index in [9.17, 15) is 14.4 Å². The summed E-state index contributed by atoms with van der Waals surface area (Å²) in [6.45, 7) is 3.12. The molecule has 1 aromatic rings. The number of nitrogens with one attached hydrogen (secondary N) is 1. The Kier molecular flexibility index (Phi) is 7.96. The summed E-state index contributed by atoms with van der Waals surface area (Å²) in [6.07, 6.45) is 8.27. The van der Waals surface area contributed by atoms with Crippen LogP contribution >= 0.6 is 11.6 Å². The van der Waals surface area contributed by atoms with Gasteiger partial charge in [-0.3, -0.25) is 14.5 Å². The molecule has 0 radical (unpaired) electrons. The number of ether oxygens (including phenoxy) is 2. The van der Waals surface area contributed by atoms with Crippen LogP contribution in [0.4, 0.5) is 0 Å². The van der Waals surface area contributed by atoms with E-state index in [2.05, 4.69) is 15.0 Å². The maximum atomic E-state index is 12.8. The van der Waals surface area contributed by atoms with Gasteiger partial charge in [0.2, 0.25) is 11.8 Å². The smallest absolute Gasteiger partial charge is 0.343 e. The number of hydrogen-bond acceptors (Lipinski definition) is 6. The maximum Gasteiger partial charge on any atom is 0.343 e. The number of halogens is 1. The van der Waals surface area contributed by atoms with Gasteiger partial charge >= 0.3 is 5.97 Å². The van der Waals surface area contributed by atoms with Gasteiger partial charge in [-0.1, -0.05) is 11.6 Å². The lowest BCUT2D eigenvalue weighted by molar-refractivity contribution is -0.143. The number of amides is 2. The fourth-order valence-electron chi connectivity index (χ4n) is 7.60. The topological polar surface area (TPSA) is 88.2 Å². The molecule has 0 spiro atoms. The predicted octanol–water partition coefficient (Wildman–Crippen LogP) is 3.26. The number of carbonyl (C=O) groups excluding carboxylic acids is 3. The van der Waals surface area contributed by atoms with Gasteiger partial charge in [-0.2, -0.15) is 0 Å². The zero-order chi connectivity index (χ0) is 26.0. The Bertz CT molecular complexity index is 988. The van der Waals surface area contributed by atoms with E-state index in [1.165, 1.54) is 45.6 Å². The normalized spacial score (nSPS) is 28.7. The van der Waals surface area contributed by atoms with Crippen molar-refractivity contribution in [3.05, 3.63) is 28.8 Å². The van der Waals surface area contributed by atoms with E-state index in [0.717, 1.165) is 23.3 Å². The molecule has 5 aliphatic rings. The van der Waals surface area contributed by atoms with Crippen LogP contribution in [0.2, 0.25) is 5.02 Å². The molecule has 37 heavy (non-hydrogen) atoms. The molecule has 4 aliphatic carbocycles. The first-order chi connectivity index (χ1) is 17.8. The minimum atomic E-state index is -0.446. The summed E-state index contributed by atoms with van der Waals surface area (Å²) in [6, 6.07) is 5.32. The Morgan fingerprint density at radius 2 is 1.68 bits per heavy atom. The Morgan fingerprint density at radius 3 is 2.30 bits per heavy atom.